The van der Waals surface area contributed by atoms with Crippen molar-refractivity contribution in [2.24, 2.45) is 7.05 Å². The van der Waals surface area contributed by atoms with Crippen LogP contribution in [0.25, 0.3) is 22.3 Å². The molecule has 1 aliphatic heterocycles. The zero-order chi connectivity index (χ0) is 26.5. The Morgan fingerprint density at radius 3 is 2.59 bits per heavy atom. The van der Waals surface area contributed by atoms with Crippen molar-refractivity contribution >= 4 is 27.0 Å². The molecular formula is C25H26F2N6O3S. The Labute approximate surface area is 213 Å². The molecular weight excluding hydrogens is 502 g/mol. The van der Waals surface area contributed by atoms with Crippen LogP contribution in [0.15, 0.2) is 42.6 Å². The summed E-state index contributed by atoms with van der Waals surface area (Å²) < 4.78 is 56.6. The molecule has 0 aliphatic carbocycles. The average Bonchev–Trinajstić information content (AvgIpc) is 3.20. The van der Waals surface area contributed by atoms with Gasteiger partial charge in [-0.05, 0) is 25.0 Å². The van der Waals surface area contributed by atoms with Crippen LogP contribution in [0.4, 0.5) is 14.7 Å². The van der Waals surface area contributed by atoms with Crippen molar-refractivity contribution in [2.75, 3.05) is 30.8 Å². The molecule has 37 heavy (non-hydrogen) atoms. The first-order valence-corrected chi connectivity index (χ1v) is 13.5. The Morgan fingerprint density at radius 1 is 1.16 bits per heavy atom. The molecule has 1 aliphatic rings. The molecule has 12 heteroatoms. The lowest BCUT2D eigenvalue weighted by molar-refractivity contribution is 0.330. The van der Waals surface area contributed by atoms with Crippen LogP contribution < -0.4 is 4.90 Å². The topological polar surface area (TPSA) is 104 Å². The number of fused-ring (bicyclic) bond motifs is 1. The van der Waals surface area contributed by atoms with E-state index in [4.69, 9.17) is 0 Å². The number of benzene rings is 2. The van der Waals surface area contributed by atoms with Gasteiger partial charge in [-0.3, -0.25) is 0 Å². The number of piperazine rings is 1. The quantitative estimate of drug-likeness (QED) is 0.425. The number of aromatic nitrogens is 4. The molecule has 3 heterocycles. The number of hydrogen-bond donors (Lipinski definition) is 1. The number of hydrogen-bond acceptors (Lipinski definition) is 7. The number of aryl methyl sites for hydroxylation is 1. The highest BCUT2D eigenvalue weighted by Crippen LogP contribution is 2.36. The van der Waals surface area contributed by atoms with Gasteiger partial charge >= 0.3 is 0 Å². The maximum Gasteiger partial charge on any atom is 0.227 e. The van der Waals surface area contributed by atoms with Gasteiger partial charge in [-0.1, -0.05) is 30.3 Å². The molecule has 1 saturated heterocycles. The largest absolute Gasteiger partial charge is 0.505 e. The summed E-state index contributed by atoms with van der Waals surface area (Å²) in [6.07, 6.45) is 3.28. The minimum absolute atomic E-state index is 0.110. The number of anilines is 1. The molecule has 1 atom stereocenters. The molecule has 1 fully saturated rings. The van der Waals surface area contributed by atoms with Gasteiger partial charge in [-0.2, -0.15) is 14.4 Å². The second-order valence-corrected chi connectivity index (χ2v) is 11.2. The van der Waals surface area contributed by atoms with Crippen LogP contribution in [0.2, 0.25) is 0 Å². The molecule has 0 bridgehead atoms. The van der Waals surface area contributed by atoms with Gasteiger partial charge in [0.05, 0.1) is 11.6 Å². The summed E-state index contributed by atoms with van der Waals surface area (Å²) in [5.74, 6) is -2.10. The molecule has 0 saturated carbocycles. The number of rotatable bonds is 5. The number of aromatic hydroxyl groups is 1. The Balaban J connectivity index is 1.55. The fourth-order valence-corrected chi connectivity index (χ4v) is 5.55. The van der Waals surface area contributed by atoms with E-state index in [-0.39, 0.29) is 36.0 Å². The molecule has 0 spiro atoms. The molecule has 2 aromatic carbocycles. The average molecular weight is 529 g/mol. The van der Waals surface area contributed by atoms with E-state index in [0.29, 0.717) is 29.9 Å². The number of phenolic OH excluding ortho intramolecular Hbond substituents is 1. The van der Waals surface area contributed by atoms with Crippen molar-refractivity contribution in [1.29, 1.82) is 0 Å². The molecule has 2 aromatic heterocycles. The molecule has 0 amide bonds. The van der Waals surface area contributed by atoms with Gasteiger partial charge in [0.1, 0.15) is 11.5 Å². The van der Waals surface area contributed by atoms with Crippen LogP contribution >= 0.6 is 0 Å². The number of sulfonamides is 1. The molecule has 0 radical (unpaired) electrons. The van der Waals surface area contributed by atoms with Crippen molar-refractivity contribution in [1.82, 2.24) is 24.1 Å². The molecule has 4 aromatic rings. The molecule has 194 valence electrons. The fourth-order valence-electron chi connectivity index (χ4n) is 4.69. The minimum Gasteiger partial charge on any atom is -0.505 e. The zero-order valence-corrected chi connectivity index (χ0v) is 21.4. The van der Waals surface area contributed by atoms with Gasteiger partial charge in [-0.15, -0.1) is 0 Å². The monoisotopic (exact) mass is 528 g/mol. The Hall–Kier alpha value is -3.64. The van der Waals surface area contributed by atoms with E-state index in [9.17, 15) is 22.3 Å². The van der Waals surface area contributed by atoms with Crippen molar-refractivity contribution in [3.8, 4) is 17.0 Å². The van der Waals surface area contributed by atoms with E-state index in [2.05, 4.69) is 15.1 Å². The van der Waals surface area contributed by atoms with E-state index in [1.165, 1.54) is 28.4 Å². The predicted molar refractivity (Wildman–Crippen MR) is 136 cm³/mol. The van der Waals surface area contributed by atoms with Crippen LogP contribution in [-0.2, 0) is 23.5 Å². The fraction of sp³-hybridized carbons (Fsp3) is 0.320. The van der Waals surface area contributed by atoms with E-state index in [1.54, 1.807) is 7.05 Å². The maximum absolute atomic E-state index is 14.9. The van der Waals surface area contributed by atoms with Gasteiger partial charge in [0.2, 0.25) is 16.0 Å². The number of phenols is 1. The van der Waals surface area contributed by atoms with Crippen LogP contribution in [-0.4, -0.2) is 69.5 Å². The molecule has 0 unspecified atom stereocenters. The van der Waals surface area contributed by atoms with Crippen molar-refractivity contribution < 1.29 is 22.3 Å². The van der Waals surface area contributed by atoms with Gasteiger partial charge in [0.25, 0.3) is 0 Å². The molecule has 1 N–H and O–H groups in total. The van der Waals surface area contributed by atoms with Crippen LogP contribution in [0, 0.1) is 18.6 Å². The third-order valence-corrected chi connectivity index (χ3v) is 8.01. The Morgan fingerprint density at radius 2 is 1.89 bits per heavy atom. The molecule has 9 nitrogen and oxygen atoms in total. The standard InChI is InChI=1S/C25H26F2N6O3S/c1-15-20(26)12-18(21(27)23(15)34)22-19-13-28-25(29-24(19)31(2)30-22)33-10-9-32(37(3,35)36)14-17(33)11-16-7-5-4-6-8-16/h4-8,12-13,17,34H,9-11,14H2,1-3H3/t17-/m1/s1. The van der Waals surface area contributed by atoms with E-state index in [0.717, 1.165) is 11.6 Å². The summed E-state index contributed by atoms with van der Waals surface area (Å²) in [4.78, 5) is 11.2. The second kappa shape index (κ2) is 9.34. The van der Waals surface area contributed by atoms with Crippen molar-refractivity contribution in [3.63, 3.8) is 0 Å². The first kappa shape index (κ1) is 25.0. The second-order valence-electron chi connectivity index (χ2n) is 9.23. The highest BCUT2D eigenvalue weighted by atomic mass is 32.2. The zero-order valence-electron chi connectivity index (χ0n) is 20.6. The highest BCUT2D eigenvalue weighted by Gasteiger charge is 2.33. The first-order valence-electron chi connectivity index (χ1n) is 11.7. The van der Waals surface area contributed by atoms with Crippen LogP contribution in [0.1, 0.15) is 11.1 Å². The molecule has 5 rings (SSSR count). The van der Waals surface area contributed by atoms with Crippen molar-refractivity contribution in [2.45, 2.75) is 19.4 Å². The van der Waals surface area contributed by atoms with Gasteiger partial charge in [-0.25, -0.2) is 26.9 Å². The summed E-state index contributed by atoms with van der Waals surface area (Å²) in [5.41, 5.74) is 1.18. The number of nitrogens with zero attached hydrogens (tertiary/aromatic N) is 6. The highest BCUT2D eigenvalue weighted by molar-refractivity contribution is 7.88. The smallest absolute Gasteiger partial charge is 0.227 e. The third kappa shape index (κ3) is 4.62. The van der Waals surface area contributed by atoms with Crippen LogP contribution in [0.3, 0.4) is 0 Å². The van der Waals surface area contributed by atoms with E-state index < -0.39 is 27.4 Å². The number of halogens is 2. The van der Waals surface area contributed by atoms with Gasteiger partial charge < -0.3 is 10.0 Å². The third-order valence-electron chi connectivity index (χ3n) is 6.74. The SMILES string of the molecule is Cc1c(F)cc(-c2nn(C)c3nc(N4CCN(S(C)(=O)=O)C[C@H]4Cc4ccccc4)ncc23)c(F)c1O. The van der Waals surface area contributed by atoms with Crippen molar-refractivity contribution in [3.05, 3.63) is 65.4 Å². The lowest BCUT2D eigenvalue weighted by Crippen LogP contribution is -2.56. The summed E-state index contributed by atoms with van der Waals surface area (Å²) >= 11 is 0. The minimum atomic E-state index is -3.37. The van der Waals surface area contributed by atoms with Crippen LogP contribution in [0.5, 0.6) is 5.75 Å². The lowest BCUT2D eigenvalue weighted by Gasteiger charge is -2.40. The summed E-state index contributed by atoms with van der Waals surface area (Å²) in [6, 6.07) is 10.5. The summed E-state index contributed by atoms with van der Waals surface area (Å²) in [6.45, 7) is 2.24. The van der Waals surface area contributed by atoms with Gasteiger partial charge in [0.15, 0.2) is 17.2 Å². The normalized spacial score (nSPS) is 17.0. The predicted octanol–water partition coefficient (Wildman–Crippen LogP) is 3.02. The first-order chi connectivity index (χ1) is 17.5. The van der Waals surface area contributed by atoms with E-state index in [1.807, 2.05) is 35.2 Å². The van der Waals surface area contributed by atoms with Gasteiger partial charge in [0, 0.05) is 50.0 Å². The lowest BCUT2D eigenvalue weighted by atomic mass is 10.0. The Bertz CT molecular complexity index is 1590. The summed E-state index contributed by atoms with van der Waals surface area (Å²) in [5, 5.41) is 14.7. The summed E-state index contributed by atoms with van der Waals surface area (Å²) in [7, 11) is -1.74. The Kier molecular flexibility index (Phi) is 6.32. The van der Waals surface area contributed by atoms with E-state index >= 15 is 0 Å². The maximum atomic E-state index is 14.9.